The van der Waals surface area contributed by atoms with E-state index in [0.29, 0.717) is 5.69 Å². The van der Waals surface area contributed by atoms with Crippen LogP contribution in [-0.4, -0.2) is 46.9 Å². The monoisotopic (exact) mass is 539 g/mol. The number of aliphatic hydroxyl groups is 1. The second-order valence-electron chi connectivity index (χ2n) is 8.69. The molecule has 2 aliphatic heterocycles. The Hall–Kier alpha value is -3.57. The number of allylic oxidation sites excluding steroid dienone is 1. The van der Waals surface area contributed by atoms with Gasteiger partial charge in [-0.15, -0.1) is 0 Å². The third-order valence-electron chi connectivity index (χ3n) is 6.24. The molecule has 2 aromatic rings. The number of alkyl halides is 3. The molecule has 0 saturated heterocycles. The summed E-state index contributed by atoms with van der Waals surface area (Å²) >= 11 is 5.92. The quantitative estimate of drug-likeness (QED) is 0.505. The first-order chi connectivity index (χ1) is 17.4. The van der Waals surface area contributed by atoms with Gasteiger partial charge in [0, 0.05) is 28.6 Å². The summed E-state index contributed by atoms with van der Waals surface area (Å²) in [4.78, 5) is 25.3. The molecule has 12 heteroatoms. The fraction of sp³-hybridized carbons (Fsp3) is 0.280. The number of nitrogens with two attached hydrogens (primary N) is 1. The molecule has 4 rings (SSSR count). The van der Waals surface area contributed by atoms with Gasteiger partial charge in [-0.25, -0.2) is 4.39 Å². The van der Waals surface area contributed by atoms with Crippen molar-refractivity contribution in [2.24, 2.45) is 11.7 Å². The molecule has 0 aromatic heterocycles. The molecule has 0 saturated carbocycles. The number of carbonyl (C=O) groups is 2. The molecule has 0 aliphatic carbocycles. The van der Waals surface area contributed by atoms with Crippen molar-refractivity contribution in [2.45, 2.75) is 31.8 Å². The predicted octanol–water partition coefficient (Wildman–Crippen LogP) is 4.22. The minimum absolute atomic E-state index is 0.0361. The van der Waals surface area contributed by atoms with E-state index in [4.69, 9.17) is 22.1 Å². The van der Waals surface area contributed by atoms with Crippen molar-refractivity contribution in [1.29, 1.82) is 0 Å². The van der Waals surface area contributed by atoms with Crippen molar-refractivity contribution < 1.29 is 37.0 Å². The van der Waals surface area contributed by atoms with Crippen molar-refractivity contribution in [1.82, 2.24) is 4.90 Å². The Bertz CT molecular complexity index is 1290. The molecule has 2 amide bonds. The summed E-state index contributed by atoms with van der Waals surface area (Å²) in [6.07, 6.45) is -4.20. The van der Waals surface area contributed by atoms with Crippen molar-refractivity contribution in [3.05, 3.63) is 82.0 Å². The first kappa shape index (κ1) is 26.5. The average Bonchev–Trinajstić information content (AvgIpc) is 2.82. The van der Waals surface area contributed by atoms with Crippen molar-refractivity contribution in [3.63, 3.8) is 0 Å². The van der Waals surface area contributed by atoms with Crippen molar-refractivity contribution >= 4 is 34.7 Å². The van der Waals surface area contributed by atoms with Gasteiger partial charge in [0.1, 0.15) is 30.5 Å². The van der Waals surface area contributed by atoms with Crippen LogP contribution in [0.15, 0.2) is 54.4 Å². The SMILES string of the molecule is CC(C(=O)Nc1ccc(C(N)=O)cc1)N1C=C2OC[C@H](C(F)(F)F)Cc3ccc(Cl)c(F)c3C2=CC1O. The normalized spacial score (nSPS) is 20.2. The maximum atomic E-state index is 15.1. The molecule has 37 heavy (non-hydrogen) atoms. The van der Waals surface area contributed by atoms with Crippen LogP contribution in [0.25, 0.3) is 5.57 Å². The summed E-state index contributed by atoms with van der Waals surface area (Å²) in [7, 11) is 0. The Morgan fingerprint density at radius 2 is 1.89 bits per heavy atom. The first-order valence-electron chi connectivity index (χ1n) is 11.1. The third-order valence-corrected chi connectivity index (χ3v) is 6.53. The first-order valence-corrected chi connectivity index (χ1v) is 11.5. The highest BCUT2D eigenvalue weighted by Crippen LogP contribution is 2.41. The minimum Gasteiger partial charge on any atom is -0.491 e. The van der Waals surface area contributed by atoms with Crippen LogP contribution < -0.4 is 11.1 Å². The van der Waals surface area contributed by atoms with E-state index in [1.54, 1.807) is 0 Å². The summed E-state index contributed by atoms with van der Waals surface area (Å²) in [5.74, 6) is -4.21. The zero-order valence-corrected chi connectivity index (χ0v) is 20.1. The number of primary amides is 1. The molecule has 3 atom stereocenters. The standard InChI is InChI=1S/C25H22ClF4N3O4/c1-12(24(36)32-16-5-2-13(3-6-16)23(31)35)33-10-19-17(9-20(33)34)21-14(4-7-18(26)22(21)27)8-15(11-37-19)25(28,29)30/h2-7,9-10,12,15,20,34H,8,11H2,1H3,(H2,31,35)(H,32,36)/t12?,15-,20?/m1/s1. The Kier molecular flexibility index (Phi) is 7.20. The molecular formula is C25H22ClF4N3O4. The van der Waals surface area contributed by atoms with Gasteiger partial charge in [-0.3, -0.25) is 9.59 Å². The molecule has 196 valence electrons. The summed E-state index contributed by atoms with van der Waals surface area (Å²) in [5, 5.41) is 13.1. The zero-order valence-electron chi connectivity index (χ0n) is 19.4. The van der Waals surface area contributed by atoms with Gasteiger partial charge in [0.2, 0.25) is 11.8 Å². The predicted molar refractivity (Wildman–Crippen MR) is 128 cm³/mol. The van der Waals surface area contributed by atoms with Crippen LogP contribution in [0.3, 0.4) is 0 Å². The lowest BCUT2D eigenvalue weighted by molar-refractivity contribution is -0.184. The molecule has 2 heterocycles. The summed E-state index contributed by atoms with van der Waals surface area (Å²) in [6.45, 7) is 0.714. The highest BCUT2D eigenvalue weighted by atomic mass is 35.5. The van der Waals surface area contributed by atoms with Gasteiger partial charge in [-0.1, -0.05) is 17.7 Å². The number of nitrogens with zero attached hydrogens (tertiary/aromatic N) is 1. The van der Waals surface area contributed by atoms with Crippen molar-refractivity contribution in [3.8, 4) is 0 Å². The number of amides is 2. The second-order valence-corrected chi connectivity index (χ2v) is 9.10. The number of aliphatic hydroxyl groups excluding tert-OH is 1. The summed E-state index contributed by atoms with van der Waals surface area (Å²) in [6, 6.07) is 7.24. The van der Waals surface area contributed by atoms with Gasteiger partial charge in [-0.05, 0) is 55.3 Å². The van der Waals surface area contributed by atoms with Gasteiger partial charge in [0.05, 0.1) is 10.9 Å². The number of halogens is 5. The van der Waals surface area contributed by atoms with Gasteiger partial charge in [-0.2, -0.15) is 13.2 Å². The lowest BCUT2D eigenvalue weighted by atomic mass is 9.88. The smallest absolute Gasteiger partial charge is 0.395 e. The van der Waals surface area contributed by atoms with Crippen LogP contribution in [0.5, 0.6) is 0 Å². The average molecular weight is 540 g/mol. The number of ether oxygens (including phenoxy) is 1. The summed E-state index contributed by atoms with van der Waals surface area (Å²) < 4.78 is 61.5. The molecule has 2 aliphatic rings. The minimum atomic E-state index is -4.61. The third kappa shape index (κ3) is 5.42. The van der Waals surface area contributed by atoms with Gasteiger partial charge in [0.15, 0.2) is 0 Å². The molecule has 0 fully saturated rings. The topological polar surface area (TPSA) is 105 Å². The summed E-state index contributed by atoms with van der Waals surface area (Å²) in [5.41, 5.74) is 5.70. The van der Waals surface area contributed by atoms with Crippen LogP contribution in [0.4, 0.5) is 23.2 Å². The second kappa shape index (κ2) is 10.1. The van der Waals surface area contributed by atoms with Crippen LogP contribution in [0.1, 0.15) is 28.4 Å². The zero-order chi connectivity index (χ0) is 27.1. The number of carbonyl (C=O) groups excluding carboxylic acids is 2. The van der Waals surface area contributed by atoms with Crippen LogP contribution in [0.2, 0.25) is 5.02 Å². The maximum Gasteiger partial charge on any atom is 0.395 e. The number of fused-ring (bicyclic) bond motifs is 3. The highest BCUT2D eigenvalue weighted by Gasteiger charge is 2.43. The van der Waals surface area contributed by atoms with E-state index >= 15 is 4.39 Å². The van der Waals surface area contributed by atoms with E-state index in [2.05, 4.69) is 5.32 Å². The van der Waals surface area contributed by atoms with E-state index in [1.807, 2.05) is 0 Å². The van der Waals surface area contributed by atoms with Gasteiger partial charge < -0.3 is 25.8 Å². The van der Waals surface area contributed by atoms with Crippen LogP contribution in [-0.2, 0) is 16.0 Å². The van der Waals surface area contributed by atoms with E-state index in [0.717, 1.165) is 4.90 Å². The van der Waals surface area contributed by atoms with E-state index in [-0.39, 0.29) is 33.0 Å². The van der Waals surface area contributed by atoms with E-state index in [9.17, 15) is 27.9 Å². The maximum absolute atomic E-state index is 15.1. The lowest BCUT2D eigenvalue weighted by Gasteiger charge is -2.36. The lowest BCUT2D eigenvalue weighted by Crippen LogP contribution is -2.46. The molecule has 0 radical (unpaired) electrons. The Morgan fingerprint density at radius 1 is 1.22 bits per heavy atom. The van der Waals surface area contributed by atoms with E-state index < -0.39 is 55.0 Å². The van der Waals surface area contributed by atoms with Crippen molar-refractivity contribution in [2.75, 3.05) is 11.9 Å². The molecule has 2 unspecified atom stereocenters. The van der Waals surface area contributed by atoms with Crippen LogP contribution >= 0.6 is 11.6 Å². The molecule has 0 bridgehead atoms. The Labute approximate surface area is 214 Å². The van der Waals surface area contributed by atoms with Gasteiger partial charge in [0.25, 0.3) is 0 Å². The molecule has 7 nitrogen and oxygen atoms in total. The number of rotatable bonds is 4. The Morgan fingerprint density at radius 3 is 2.51 bits per heavy atom. The number of anilines is 1. The fourth-order valence-corrected chi connectivity index (χ4v) is 4.30. The highest BCUT2D eigenvalue weighted by molar-refractivity contribution is 6.31. The number of hydrogen-bond acceptors (Lipinski definition) is 5. The molecule has 0 spiro atoms. The largest absolute Gasteiger partial charge is 0.491 e. The molecule has 4 N–H and O–H groups in total. The number of benzene rings is 2. The van der Waals surface area contributed by atoms with Crippen LogP contribution in [0, 0.1) is 11.7 Å². The fourth-order valence-electron chi connectivity index (χ4n) is 4.14. The van der Waals surface area contributed by atoms with Gasteiger partial charge >= 0.3 is 6.18 Å². The molecule has 2 aromatic carbocycles. The number of hydrogen-bond donors (Lipinski definition) is 3. The molecular weight excluding hydrogens is 518 g/mol. The van der Waals surface area contributed by atoms with E-state index in [1.165, 1.54) is 55.6 Å². The Balaban J connectivity index is 1.65. The number of nitrogens with one attached hydrogen (secondary N) is 1.